The topological polar surface area (TPSA) is 97.6 Å². The molecule has 2 aromatic rings. The van der Waals surface area contributed by atoms with Crippen molar-refractivity contribution in [2.45, 2.75) is 24.6 Å². The normalized spacial score (nSPS) is 12.0. The first-order valence-corrected chi connectivity index (χ1v) is 9.25. The number of anilines is 1. The Balaban J connectivity index is 2.32. The van der Waals surface area contributed by atoms with E-state index in [1.54, 1.807) is 0 Å². The molecule has 0 aliphatic heterocycles. The molecule has 2 rings (SSSR count). The fourth-order valence-electron chi connectivity index (χ4n) is 2.01. The summed E-state index contributed by atoms with van der Waals surface area (Å²) in [5.41, 5.74) is -1.18. The number of halogens is 3. The van der Waals surface area contributed by atoms with Crippen molar-refractivity contribution >= 4 is 21.6 Å². The summed E-state index contributed by atoms with van der Waals surface area (Å²) in [5.74, 6) is -1.26. The van der Waals surface area contributed by atoms with E-state index in [0.29, 0.717) is 6.42 Å². The molecule has 0 atom stereocenters. The summed E-state index contributed by atoms with van der Waals surface area (Å²) < 4.78 is 74.4. The van der Waals surface area contributed by atoms with Gasteiger partial charge in [-0.2, -0.15) is 13.2 Å². The Morgan fingerprint density at radius 3 is 2.52 bits per heavy atom. The van der Waals surface area contributed by atoms with Gasteiger partial charge in [0.2, 0.25) is 5.09 Å². The molecule has 0 aliphatic rings. The number of benzene rings is 1. The van der Waals surface area contributed by atoms with Crippen LogP contribution in [0.1, 0.15) is 29.5 Å². The van der Waals surface area contributed by atoms with E-state index in [2.05, 4.69) is 5.32 Å². The lowest BCUT2D eigenvalue weighted by Gasteiger charge is -2.14. The number of hydrogen-bond acceptors (Lipinski definition) is 5. The standard InChI is InChI=1S/C16H17F3N2O5S/c1-3-8-25-12-5-4-10(16(17,18)19)9-11(12)21-15(22)13-6-7-14(26-13)27(23,24)20-2/h4-7,9,20H,3,8H2,1-2H3,(H,21,22). The Bertz CT molecular complexity index is 922. The number of carbonyl (C=O) groups excluding carboxylic acids is 1. The van der Waals surface area contributed by atoms with Gasteiger partial charge in [0.15, 0.2) is 5.76 Å². The Kier molecular flexibility index (Phi) is 6.16. The molecule has 0 saturated carbocycles. The third-order valence-electron chi connectivity index (χ3n) is 3.36. The van der Waals surface area contributed by atoms with E-state index in [1.807, 2.05) is 11.6 Å². The number of nitrogens with one attached hydrogen (secondary N) is 2. The van der Waals surface area contributed by atoms with Crippen molar-refractivity contribution in [1.82, 2.24) is 4.72 Å². The van der Waals surface area contributed by atoms with Crippen LogP contribution in [0.5, 0.6) is 5.75 Å². The smallest absolute Gasteiger partial charge is 0.416 e. The fourth-order valence-corrected chi connectivity index (χ4v) is 2.66. The lowest BCUT2D eigenvalue weighted by Crippen LogP contribution is -2.18. The molecule has 0 unspecified atom stereocenters. The van der Waals surface area contributed by atoms with Crippen LogP contribution >= 0.6 is 0 Å². The quantitative estimate of drug-likeness (QED) is 0.736. The summed E-state index contributed by atoms with van der Waals surface area (Å²) in [6.45, 7) is 2.05. The average Bonchev–Trinajstić information content (AvgIpc) is 3.11. The molecule has 2 N–H and O–H groups in total. The lowest BCUT2D eigenvalue weighted by atomic mass is 10.1. The number of rotatable bonds is 7. The number of amides is 1. The van der Waals surface area contributed by atoms with E-state index >= 15 is 0 Å². The van der Waals surface area contributed by atoms with Gasteiger partial charge < -0.3 is 14.5 Å². The maximum absolute atomic E-state index is 12.9. The third-order valence-corrected chi connectivity index (χ3v) is 4.64. The van der Waals surface area contributed by atoms with Crippen molar-refractivity contribution < 1.29 is 35.5 Å². The average molecular weight is 406 g/mol. The summed E-state index contributed by atoms with van der Waals surface area (Å²) >= 11 is 0. The second-order valence-corrected chi connectivity index (χ2v) is 7.16. The minimum absolute atomic E-state index is 0.0489. The third kappa shape index (κ3) is 5.01. The molecule has 1 aromatic heterocycles. The van der Waals surface area contributed by atoms with Gasteiger partial charge in [0.05, 0.1) is 17.9 Å². The number of sulfonamides is 1. The zero-order valence-corrected chi connectivity index (χ0v) is 15.2. The summed E-state index contributed by atoms with van der Waals surface area (Å²) in [6.07, 6.45) is -4.00. The maximum Gasteiger partial charge on any atom is 0.416 e. The van der Waals surface area contributed by atoms with Crippen molar-refractivity contribution in [3.8, 4) is 5.75 Å². The second-order valence-electron chi connectivity index (χ2n) is 5.34. The summed E-state index contributed by atoms with van der Waals surface area (Å²) in [7, 11) is -2.74. The summed E-state index contributed by atoms with van der Waals surface area (Å²) in [5, 5.41) is 1.76. The van der Waals surface area contributed by atoms with Gasteiger partial charge in [0.1, 0.15) is 5.75 Å². The molecule has 0 aliphatic carbocycles. The van der Waals surface area contributed by atoms with Crippen molar-refractivity contribution in [3.63, 3.8) is 0 Å². The Hall–Kier alpha value is -2.53. The van der Waals surface area contributed by atoms with Gasteiger partial charge in [-0.1, -0.05) is 6.92 Å². The fraction of sp³-hybridized carbons (Fsp3) is 0.312. The molecular formula is C16H17F3N2O5S. The number of ether oxygens (including phenoxy) is 1. The molecule has 7 nitrogen and oxygen atoms in total. The number of hydrogen-bond donors (Lipinski definition) is 2. The van der Waals surface area contributed by atoms with Crippen LogP contribution in [-0.4, -0.2) is 28.0 Å². The van der Waals surface area contributed by atoms with Crippen LogP contribution in [-0.2, 0) is 16.2 Å². The highest BCUT2D eigenvalue weighted by atomic mass is 32.2. The Morgan fingerprint density at radius 2 is 1.93 bits per heavy atom. The van der Waals surface area contributed by atoms with Crippen LogP contribution in [0.3, 0.4) is 0 Å². The van der Waals surface area contributed by atoms with Gasteiger partial charge in [-0.25, -0.2) is 13.1 Å². The Labute approximate surface area is 153 Å². The predicted molar refractivity (Wildman–Crippen MR) is 90.1 cm³/mol. The summed E-state index contributed by atoms with van der Waals surface area (Å²) in [4.78, 5) is 12.3. The maximum atomic E-state index is 12.9. The highest BCUT2D eigenvalue weighted by Gasteiger charge is 2.31. The molecule has 0 saturated heterocycles. The van der Waals surface area contributed by atoms with Gasteiger partial charge in [-0.3, -0.25) is 4.79 Å². The first-order chi connectivity index (χ1) is 12.6. The molecule has 1 amide bonds. The first-order valence-electron chi connectivity index (χ1n) is 7.77. The van der Waals surface area contributed by atoms with Crippen molar-refractivity contribution in [1.29, 1.82) is 0 Å². The highest BCUT2D eigenvalue weighted by molar-refractivity contribution is 7.89. The van der Waals surface area contributed by atoms with E-state index in [4.69, 9.17) is 9.15 Å². The molecule has 0 bridgehead atoms. The zero-order valence-electron chi connectivity index (χ0n) is 14.4. The molecule has 0 fully saturated rings. The largest absolute Gasteiger partial charge is 0.491 e. The van der Waals surface area contributed by atoms with Crippen molar-refractivity contribution in [2.75, 3.05) is 19.0 Å². The summed E-state index contributed by atoms with van der Waals surface area (Å²) in [6, 6.07) is 4.83. The zero-order chi connectivity index (χ0) is 20.2. The molecule has 27 heavy (non-hydrogen) atoms. The van der Waals surface area contributed by atoms with Gasteiger partial charge in [-0.05, 0) is 43.8 Å². The SMILES string of the molecule is CCCOc1ccc(C(F)(F)F)cc1NC(=O)c1ccc(S(=O)(=O)NC)o1. The first kappa shape index (κ1) is 20.8. The molecule has 0 spiro atoms. The molecule has 1 heterocycles. The molecule has 148 valence electrons. The minimum Gasteiger partial charge on any atom is -0.491 e. The van der Waals surface area contributed by atoms with E-state index < -0.39 is 32.8 Å². The van der Waals surface area contributed by atoms with Crippen LogP contribution in [0.2, 0.25) is 0 Å². The monoisotopic (exact) mass is 406 g/mol. The molecule has 11 heteroatoms. The number of furan rings is 1. The van der Waals surface area contributed by atoms with Gasteiger partial charge in [-0.15, -0.1) is 0 Å². The molecular weight excluding hydrogens is 389 g/mol. The van der Waals surface area contributed by atoms with E-state index in [-0.39, 0.29) is 23.8 Å². The van der Waals surface area contributed by atoms with Crippen molar-refractivity contribution in [2.24, 2.45) is 0 Å². The minimum atomic E-state index is -4.61. The second kappa shape index (κ2) is 8.01. The van der Waals surface area contributed by atoms with Crippen LogP contribution in [0.25, 0.3) is 0 Å². The van der Waals surface area contributed by atoms with Crippen molar-refractivity contribution in [3.05, 3.63) is 41.7 Å². The predicted octanol–water partition coefficient (Wildman–Crippen LogP) is 3.25. The van der Waals surface area contributed by atoms with Crippen LogP contribution < -0.4 is 14.8 Å². The van der Waals surface area contributed by atoms with E-state index in [9.17, 15) is 26.4 Å². The van der Waals surface area contributed by atoms with Gasteiger partial charge in [0.25, 0.3) is 15.9 Å². The Morgan fingerprint density at radius 1 is 1.22 bits per heavy atom. The van der Waals surface area contributed by atoms with Crippen LogP contribution in [0.15, 0.2) is 39.8 Å². The highest BCUT2D eigenvalue weighted by Crippen LogP contribution is 2.35. The van der Waals surface area contributed by atoms with Gasteiger partial charge in [0, 0.05) is 0 Å². The number of carbonyl (C=O) groups is 1. The van der Waals surface area contributed by atoms with E-state index in [1.165, 1.54) is 0 Å². The van der Waals surface area contributed by atoms with Crippen LogP contribution in [0, 0.1) is 0 Å². The van der Waals surface area contributed by atoms with Gasteiger partial charge >= 0.3 is 6.18 Å². The van der Waals surface area contributed by atoms with Crippen LogP contribution in [0.4, 0.5) is 18.9 Å². The lowest BCUT2D eigenvalue weighted by molar-refractivity contribution is -0.137. The molecule has 1 aromatic carbocycles. The number of alkyl halides is 3. The molecule has 0 radical (unpaired) electrons. The van der Waals surface area contributed by atoms with E-state index in [0.717, 1.165) is 37.4 Å².